The summed E-state index contributed by atoms with van der Waals surface area (Å²) < 4.78 is 32.9. The Morgan fingerprint density at radius 1 is 1.45 bits per heavy atom. The number of rotatable bonds is 5. The lowest BCUT2D eigenvalue weighted by molar-refractivity contribution is 0.411. The van der Waals surface area contributed by atoms with E-state index >= 15 is 0 Å². The van der Waals surface area contributed by atoms with Crippen LogP contribution >= 0.6 is 27.7 Å². The maximum Gasteiger partial charge on any atom is 0.240 e. The molecule has 0 radical (unpaired) electrons. The van der Waals surface area contributed by atoms with Crippen LogP contribution in [0, 0.1) is 0 Å². The van der Waals surface area contributed by atoms with Crippen molar-refractivity contribution in [2.45, 2.75) is 29.4 Å². The van der Waals surface area contributed by atoms with E-state index in [1.54, 1.807) is 25.3 Å². The van der Waals surface area contributed by atoms with Crippen molar-refractivity contribution in [2.75, 3.05) is 19.4 Å². The number of ether oxygens (including phenoxy) is 1. The number of benzene rings is 1. The molecule has 1 heterocycles. The predicted octanol–water partition coefficient (Wildman–Crippen LogP) is 3.02. The van der Waals surface area contributed by atoms with Crippen molar-refractivity contribution < 1.29 is 13.2 Å². The van der Waals surface area contributed by atoms with Gasteiger partial charge in [-0.1, -0.05) is 6.42 Å². The van der Waals surface area contributed by atoms with Gasteiger partial charge in [0.2, 0.25) is 10.0 Å². The molecule has 0 bridgehead atoms. The fourth-order valence-corrected chi connectivity index (χ4v) is 5.21. The second-order valence-electron chi connectivity index (χ2n) is 4.64. The highest BCUT2D eigenvalue weighted by molar-refractivity contribution is 9.10. The van der Waals surface area contributed by atoms with E-state index in [0.717, 1.165) is 12.2 Å². The van der Waals surface area contributed by atoms with Crippen LogP contribution in [-0.2, 0) is 10.0 Å². The maximum absolute atomic E-state index is 12.2. The van der Waals surface area contributed by atoms with Crippen LogP contribution < -0.4 is 9.46 Å². The third-order valence-electron chi connectivity index (χ3n) is 3.21. The van der Waals surface area contributed by atoms with Crippen LogP contribution in [0.4, 0.5) is 0 Å². The zero-order valence-corrected chi connectivity index (χ0v) is 14.5. The molecule has 0 saturated carbocycles. The van der Waals surface area contributed by atoms with Gasteiger partial charge in [0, 0.05) is 11.8 Å². The summed E-state index contributed by atoms with van der Waals surface area (Å²) in [7, 11) is -1.91. The lowest BCUT2D eigenvalue weighted by Gasteiger charge is -2.21. The van der Waals surface area contributed by atoms with E-state index in [0.29, 0.717) is 22.0 Å². The van der Waals surface area contributed by atoms with Crippen LogP contribution in [-0.4, -0.2) is 33.1 Å². The second kappa shape index (κ2) is 7.15. The molecule has 0 aromatic heterocycles. The van der Waals surface area contributed by atoms with Gasteiger partial charge < -0.3 is 4.74 Å². The Morgan fingerprint density at radius 3 is 2.85 bits per heavy atom. The van der Waals surface area contributed by atoms with Crippen LogP contribution in [0.2, 0.25) is 0 Å². The molecule has 0 aliphatic carbocycles. The Morgan fingerprint density at radius 2 is 2.25 bits per heavy atom. The number of sulfonamides is 1. The maximum atomic E-state index is 12.2. The average Bonchev–Trinajstić information content (AvgIpc) is 2.46. The van der Waals surface area contributed by atoms with Crippen molar-refractivity contribution >= 4 is 37.7 Å². The summed E-state index contributed by atoms with van der Waals surface area (Å²) in [6.07, 6.45) is 3.51. The summed E-state index contributed by atoms with van der Waals surface area (Å²) in [5, 5.41) is 0.389. The zero-order chi connectivity index (χ0) is 14.6. The summed E-state index contributed by atoms with van der Waals surface area (Å²) in [4.78, 5) is 0.256. The summed E-state index contributed by atoms with van der Waals surface area (Å²) in [5.74, 6) is 1.74. The fourth-order valence-electron chi connectivity index (χ4n) is 2.07. The molecule has 0 spiro atoms. The molecule has 20 heavy (non-hydrogen) atoms. The van der Waals surface area contributed by atoms with Crippen molar-refractivity contribution in [3.05, 3.63) is 22.7 Å². The van der Waals surface area contributed by atoms with E-state index in [2.05, 4.69) is 20.7 Å². The van der Waals surface area contributed by atoms with Crippen molar-refractivity contribution in [3.8, 4) is 5.75 Å². The summed E-state index contributed by atoms with van der Waals surface area (Å²) in [5.41, 5.74) is 0. The van der Waals surface area contributed by atoms with Crippen molar-refractivity contribution in [1.82, 2.24) is 4.72 Å². The van der Waals surface area contributed by atoms with Crippen LogP contribution in [0.1, 0.15) is 19.3 Å². The van der Waals surface area contributed by atoms with Crippen LogP contribution in [0.3, 0.4) is 0 Å². The molecule has 1 aromatic rings. The van der Waals surface area contributed by atoms with Gasteiger partial charge in [-0.05, 0) is 52.7 Å². The van der Waals surface area contributed by atoms with Crippen LogP contribution in [0.25, 0.3) is 0 Å². The van der Waals surface area contributed by atoms with E-state index in [9.17, 15) is 8.42 Å². The van der Waals surface area contributed by atoms with Crippen LogP contribution in [0.15, 0.2) is 27.6 Å². The molecule has 1 unspecified atom stereocenters. The minimum atomic E-state index is -3.46. The average molecular weight is 380 g/mol. The Bertz CT molecular complexity index is 557. The minimum Gasteiger partial charge on any atom is -0.496 e. The van der Waals surface area contributed by atoms with Crippen molar-refractivity contribution in [3.63, 3.8) is 0 Å². The number of thioether (sulfide) groups is 1. The summed E-state index contributed by atoms with van der Waals surface area (Å²) >= 11 is 5.16. The van der Waals surface area contributed by atoms with E-state index < -0.39 is 10.0 Å². The highest BCUT2D eigenvalue weighted by atomic mass is 79.9. The number of hydrogen-bond acceptors (Lipinski definition) is 4. The smallest absolute Gasteiger partial charge is 0.240 e. The van der Waals surface area contributed by atoms with Gasteiger partial charge in [-0.2, -0.15) is 11.8 Å². The zero-order valence-electron chi connectivity index (χ0n) is 11.3. The van der Waals surface area contributed by atoms with Gasteiger partial charge in [0.1, 0.15) is 5.75 Å². The third-order valence-corrected chi connectivity index (χ3v) is 6.65. The first-order valence-corrected chi connectivity index (χ1v) is 9.80. The standard InChI is InChI=1S/C13H18BrNO3S2/c1-18-13-6-5-11(8-12(13)14)20(16,17)15-9-10-4-2-3-7-19-10/h5-6,8,10,15H,2-4,7,9H2,1H3. The molecule has 1 fully saturated rings. The molecule has 2 rings (SSSR count). The molecule has 1 aliphatic heterocycles. The fraction of sp³-hybridized carbons (Fsp3) is 0.538. The SMILES string of the molecule is COc1ccc(S(=O)(=O)NCC2CCCCS2)cc1Br. The van der Waals surface area contributed by atoms with Gasteiger partial charge in [0.25, 0.3) is 0 Å². The van der Waals surface area contributed by atoms with Gasteiger partial charge in [-0.15, -0.1) is 0 Å². The molecule has 112 valence electrons. The minimum absolute atomic E-state index is 0.256. The first-order chi connectivity index (χ1) is 9.53. The van der Waals surface area contributed by atoms with E-state index in [1.165, 1.54) is 12.8 Å². The Labute approximate surface area is 132 Å². The third kappa shape index (κ3) is 4.13. The molecule has 7 heteroatoms. The number of methoxy groups -OCH3 is 1. The highest BCUT2D eigenvalue weighted by Crippen LogP contribution is 2.28. The highest BCUT2D eigenvalue weighted by Gasteiger charge is 2.20. The molecule has 1 aromatic carbocycles. The van der Waals surface area contributed by atoms with Gasteiger partial charge in [0.05, 0.1) is 16.5 Å². The number of nitrogens with one attached hydrogen (secondary N) is 1. The molecular weight excluding hydrogens is 362 g/mol. The van der Waals surface area contributed by atoms with E-state index in [1.807, 2.05) is 11.8 Å². The topological polar surface area (TPSA) is 55.4 Å². The first kappa shape index (κ1) is 16.1. The first-order valence-electron chi connectivity index (χ1n) is 6.48. The van der Waals surface area contributed by atoms with Gasteiger partial charge in [-0.3, -0.25) is 0 Å². The molecule has 1 saturated heterocycles. The molecule has 1 atom stereocenters. The Balaban J connectivity index is 2.04. The van der Waals surface area contributed by atoms with Gasteiger partial charge in [0.15, 0.2) is 0 Å². The van der Waals surface area contributed by atoms with Crippen molar-refractivity contribution in [1.29, 1.82) is 0 Å². The van der Waals surface area contributed by atoms with Crippen molar-refractivity contribution in [2.24, 2.45) is 0 Å². The van der Waals surface area contributed by atoms with Gasteiger partial charge >= 0.3 is 0 Å². The molecule has 1 aliphatic rings. The number of halogens is 1. The normalized spacial score (nSPS) is 19.8. The van der Waals surface area contributed by atoms with Crippen LogP contribution in [0.5, 0.6) is 5.75 Å². The lowest BCUT2D eigenvalue weighted by atomic mass is 10.2. The largest absolute Gasteiger partial charge is 0.496 e. The lowest BCUT2D eigenvalue weighted by Crippen LogP contribution is -2.32. The molecule has 0 amide bonds. The molecular formula is C13H18BrNO3S2. The van der Waals surface area contributed by atoms with Gasteiger partial charge in [-0.25, -0.2) is 13.1 Å². The number of hydrogen-bond donors (Lipinski definition) is 1. The second-order valence-corrected chi connectivity index (χ2v) is 8.67. The molecule has 4 nitrogen and oxygen atoms in total. The quantitative estimate of drug-likeness (QED) is 0.853. The molecule has 1 N–H and O–H groups in total. The Hall–Kier alpha value is -0.240. The Kier molecular flexibility index (Phi) is 5.77. The van der Waals surface area contributed by atoms with E-state index in [4.69, 9.17) is 4.74 Å². The summed E-state index contributed by atoms with van der Waals surface area (Å²) in [6, 6.07) is 4.77. The predicted molar refractivity (Wildman–Crippen MR) is 86.0 cm³/mol. The monoisotopic (exact) mass is 379 g/mol. The van der Waals surface area contributed by atoms with E-state index in [-0.39, 0.29) is 4.90 Å². The summed E-state index contributed by atoms with van der Waals surface area (Å²) in [6.45, 7) is 0.497.